The number of nitriles is 1. The van der Waals surface area contributed by atoms with Crippen molar-refractivity contribution < 1.29 is 4.74 Å². The molecule has 6 nitrogen and oxygen atoms in total. The fourth-order valence-electron chi connectivity index (χ4n) is 3.21. The molecule has 6 heteroatoms. The van der Waals surface area contributed by atoms with Gasteiger partial charge in [-0.25, -0.2) is 15.0 Å². The minimum absolute atomic E-state index is 0.396. The highest BCUT2D eigenvalue weighted by molar-refractivity contribution is 5.90. The minimum atomic E-state index is 0.396. The molecule has 4 rings (SSSR count). The Balaban J connectivity index is 1.57. The van der Waals surface area contributed by atoms with Crippen molar-refractivity contribution in [2.75, 3.05) is 18.0 Å². The Bertz CT molecular complexity index is 972. The summed E-state index contributed by atoms with van der Waals surface area (Å²) < 4.78 is 5.88. The lowest BCUT2D eigenvalue weighted by Crippen LogP contribution is -2.20. The maximum atomic E-state index is 8.80. The SMILES string of the molecule is Cc1nc(N2CCCC2)c2ccc(OCc3ccc(C#N)nc3)cc2n1. The largest absolute Gasteiger partial charge is 0.489 e. The maximum absolute atomic E-state index is 8.80. The number of ether oxygens (including phenoxy) is 1. The Morgan fingerprint density at radius 1 is 1.15 bits per heavy atom. The van der Waals surface area contributed by atoms with Gasteiger partial charge < -0.3 is 9.64 Å². The molecule has 1 fully saturated rings. The van der Waals surface area contributed by atoms with Gasteiger partial charge in [-0.3, -0.25) is 0 Å². The Kier molecular flexibility index (Phi) is 4.36. The number of fused-ring (bicyclic) bond motifs is 1. The second-order valence-electron chi connectivity index (χ2n) is 6.42. The molecule has 3 aromatic rings. The second kappa shape index (κ2) is 6.96. The summed E-state index contributed by atoms with van der Waals surface area (Å²) in [5, 5.41) is 9.86. The van der Waals surface area contributed by atoms with Crippen LogP contribution >= 0.6 is 0 Å². The number of rotatable bonds is 4. The van der Waals surface area contributed by atoms with Crippen LogP contribution in [0.4, 0.5) is 5.82 Å². The molecule has 0 aliphatic carbocycles. The van der Waals surface area contributed by atoms with Gasteiger partial charge in [-0.1, -0.05) is 6.07 Å². The van der Waals surface area contributed by atoms with Crippen LogP contribution in [-0.4, -0.2) is 28.0 Å². The molecule has 1 aliphatic rings. The Morgan fingerprint density at radius 2 is 2.00 bits per heavy atom. The van der Waals surface area contributed by atoms with Crippen molar-refractivity contribution in [2.24, 2.45) is 0 Å². The van der Waals surface area contributed by atoms with E-state index < -0.39 is 0 Å². The van der Waals surface area contributed by atoms with Crippen LogP contribution in [0.5, 0.6) is 5.75 Å². The molecule has 0 amide bonds. The number of anilines is 1. The van der Waals surface area contributed by atoms with E-state index in [0.717, 1.165) is 46.9 Å². The Labute approximate surface area is 152 Å². The molecule has 0 saturated carbocycles. The molecule has 130 valence electrons. The van der Waals surface area contributed by atoms with Crippen LogP contribution < -0.4 is 9.64 Å². The van der Waals surface area contributed by atoms with Crippen molar-refractivity contribution in [3.63, 3.8) is 0 Å². The first-order valence-electron chi connectivity index (χ1n) is 8.74. The fourth-order valence-corrected chi connectivity index (χ4v) is 3.21. The van der Waals surface area contributed by atoms with Gasteiger partial charge in [0.15, 0.2) is 0 Å². The van der Waals surface area contributed by atoms with Gasteiger partial charge in [0, 0.05) is 36.3 Å². The first-order valence-corrected chi connectivity index (χ1v) is 8.74. The summed E-state index contributed by atoms with van der Waals surface area (Å²) in [6.45, 7) is 4.42. The van der Waals surface area contributed by atoms with E-state index in [0.29, 0.717) is 12.3 Å². The van der Waals surface area contributed by atoms with Crippen molar-refractivity contribution in [3.05, 3.63) is 53.6 Å². The van der Waals surface area contributed by atoms with E-state index in [-0.39, 0.29) is 0 Å². The standard InChI is InChI=1S/C20H19N5O/c1-14-23-19-10-17(26-13-15-4-5-16(11-21)22-12-15)6-7-18(19)20(24-14)25-8-2-3-9-25/h4-7,10,12H,2-3,8-9,13H2,1H3. The van der Waals surface area contributed by atoms with Crippen molar-refractivity contribution in [2.45, 2.75) is 26.4 Å². The van der Waals surface area contributed by atoms with Gasteiger partial charge in [-0.05, 0) is 38.0 Å². The number of pyridine rings is 1. The van der Waals surface area contributed by atoms with Crippen LogP contribution in [0.2, 0.25) is 0 Å². The molecule has 0 spiro atoms. The summed E-state index contributed by atoms with van der Waals surface area (Å²) in [6, 6.07) is 11.5. The molecule has 0 radical (unpaired) electrons. The summed E-state index contributed by atoms with van der Waals surface area (Å²) in [5.41, 5.74) is 2.22. The quantitative estimate of drug-likeness (QED) is 0.721. The van der Waals surface area contributed by atoms with Crippen molar-refractivity contribution in [3.8, 4) is 11.8 Å². The fraction of sp³-hybridized carbons (Fsp3) is 0.300. The van der Waals surface area contributed by atoms with E-state index in [2.05, 4.69) is 19.9 Å². The van der Waals surface area contributed by atoms with E-state index in [9.17, 15) is 0 Å². The lowest BCUT2D eigenvalue weighted by molar-refractivity contribution is 0.306. The third-order valence-electron chi connectivity index (χ3n) is 4.51. The Morgan fingerprint density at radius 3 is 2.73 bits per heavy atom. The molecule has 1 saturated heterocycles. The molecule has 3 heterocycles. The summed E-state index contributed by atoms with van der Waals surface area (Å²) in [5.74, 6) is 2.55. The average molecular weight is 345 g/mol. The average Bonchev–Trinajstić information content (AvgIpc) is 3.20. The summed E-state index contributed by atoms with van der Waals surface area (Å²) in [7, 11) is 0. The molecule has 0 N–H and O–H groups in total. The van der Waals surface area contributed by atoms with Crippen LogP contribution in [0.3, 0.4) is 0 Å². The van der Waals surface area contributed by atoms with E-state index in [1.54, 1.807) is 12.3 Å². The van der Waals surface area contributed by atoms with Crippen molar-refractivity contribution in [1.29, 1.82) is 5.26 Å². The second-order valence-corrected chi connectivity index (χ2v) is 6.42. The number of aromatic nitrogens is 3. The van der Waals surface area contributed by atoms with Gasteiger partial charge in [0.2, 0.25) is 0 Å². The van der Waals surface area contributed by atoms with Crippen molar-refractivity contribution >= 4 is 16.7 Å². The molecule has 0 bridgehead atoms. The van der Waals surface area contributed by atoms with Crippen LogP contribution in [0.25, 0.3) is 10.9 Å². The maximum Gasteiger partial charge on any atom is 0.140 e. The van der Waals surface area contributed by atoms with Crippen LogP contribution in [0, 0.1) is 18.3 Å². The summed E-state index contributed by atoms with van der Waals surface area (Å²) in [6.07, 6.45) is 4.09. The third kappa shape index (κ3) is 3.29. The molecule has 26 heavy (non-hydrogen) atoms. The zero-order chi connectivity index (χ0) is 17.9. The summed E-state index contributed by atoms with van der Waals surface area (Å²) in [4.78, 5) is 15.6. The summed E-state index contributed by atoms with van der Waals surface area (Å²) >= 11 is 0. The van der Waals surface area contributed by atoms with Gasteiger partial charge in [-0.2, -0.15) is 5.26 Å². The van der Waals surface area contributed by atoms with Gasteiger partial charge in [-0.15, -0.1) is 0 Å². The number of aryl methyl sites for hydroxylation is 1. The lowest BCUT2D eigenvalue weighted by Gasteiger charge is -2.19. The zero-order valence-corrected chi connectivity index (χ0v) is 14.6. The smallest absolute Gasteiger partial charge is 0.140 e. The van der Waals surface area contributed by atoms with E-state index in [1.807, 2.05) is 37.3 Å². The van der Waals surface area contributed by atoms with Gasteiger partial charge in [0.05, 0.1) is 5.52 Å². The predicted molar refractivity (Wildman–Crippen MR) is 99.0 cm³/mol. The van der Waals surface area contributed by atoms with E-state index >= 15 is 0 Å². The van der Waals surface area contributed by atoms with E-state index in [4.69, 9.17) is 10.00 Å². The van der Waals surface area contributed by atoms with Gasteiger partial charge in [0.1, 0.15) is 35.8 Å². The highest BCUT2D eigenvalue weighted by Crippen LogP contribution is 2.29. The minimum Gasteiger partial charge on any atom is -0.489 e. The molecule has 0 atom stereocenters. The topological polar surface area (TPSA) is 74.9 Å². The normalized spacial score (nSPS) is 13.8. The first-order chi connectivity index (χ1) is 12.7. The molecule has 1 aromatic carbocycles. The highest BCUT2D eigenvalue weighted by Gasteiger charge is 2.17. The highest BCUT2D eigenvalue weighted by atomic mass is 16.5. The lowest BCUT2D eigenvalue weighted by atomic mass is 10.2. The van der Waals surface area contributed by atoms with E-state index in [1.165, 1.54) is 12.8 Å². The molecular formula is C20H19N5O. The van der Waals surface area contributed by atoms with Crippen LogP contribution in [0.1, 0.15) is 29.9 Å². The van der Waals surface area contributed by atoms with Gasteiger partial charge in [0.25, 0.3) is 0 Å². The monoisotopic (exact) mass is 345 g/mol. The van der Waals surface area contributed by atoms with Crippen LogP contribution in [0.15, 0.2) is 36.5 Å². The first kappa shape index (κ1) is 16.3. The molecule has 2 aromatic heterocycles. The molecule has 1 aliphatic heterocycles. The number of hydrogen-bond acceptors (Lipinski definition) is 6. The van der Waals surface area contributed by atoms with Crippen LogP contribution in [-0.2, 0) is 6.61 Å². The number of nitrogens with zero attached hydrogens (tertiary/aromatic N) is 5. The molecule has 0 unspecified atom stereocenters. The molecular weight excluding hydrogens is 326 g/mol. The zero-order valence-electron chi connectivity index (χ0n) is 14.6. The predicted octanol–water partition coefficient (Wildman–Crippen LogP) is 3.38. The van der Waals surface area contributed by atoms with Gasteiger partial charge >= 0.3 is 0 Å². The number of hydrogen-bond donors (Lipinski definition) is 0. The third-order valence-corrected chi connectivity index (χ3v) is 4.51. The Hall–Kier alpha value is -3.20. The van der Waals surface area contributed by atoms with Crippen molar-refractivity contribution in [1.82, 2.24) is 15.0 Å². The number of benzene rings is 1.